The van der Waals surface area contributed by atoms with Crippen molar-refractivity contribution in [2.75, 3.05) is 4.90 Å². The van der Waals surface area contributed by atoms with Gasteiger partial charge in [0, 0.05) is 27.8 Å². The third-order valence-corrected chi connectivity index (χ3v) is 8.82. The molecule has 0 amide bonds. The number of hydrogen-bond acceptors (Lipinski definition) is 2. The predicted molar refractivity (Wildman–Crippen MR) is 186 cm³/mol. The topological polar surface area (TPSA) is 16.4 Å². The van der Waals surface area contributed by atoms with Gasteiger partial charge < -0.3 is 9.32 Å². The van der Waals surface area contributed by atoms with E-state index in [2.05, 4.69) is 157 Å². The molecule has 8 aromatic carbocycles. The fourth-order valence-electron chi connectivity index (χ4n) is 6.60. The van der Waals surface area contributed by atoms with Crippen LogP contribution in [0.4, 0.5) is 17.1 Å². The molecule has 0 saturated heterocycles. The highest BCUT2D eigenvalue weighted by molar-refractivity contribution is 6.10. The maximum atomic E-state index is 6.18. The molecular weight excluding hydrogens is 534 g/mol. The molecule has 0 bridgehead atoms. The fraction of sp³-hybridized carbons (Fsp3) is 0. The molecule has 9 rings (SSSR count). The van der Waals surface area contributed by atoms with Crippen LogP contribution in [0.2, 0.25) is 0 Å². The van der Waals surface area contributed by atoms with Gasteiger partial charge in [0.15, 0.2) is 0 Å². The minimum absolute atomic E-state index is 0.894. The van der Waals surface area contributed by atoms with Crippen LogP contribution in [0.3, 0.4) is 0 Å². The Morgan fingerprint density at radius 3 is 1.70 bits per heavy atom. The molecule has 0 aliphatic heterocycles. The fourth-order valence-corrected chi connectivity index (χ4v) is 6.60. The number of fused-ring (bicyclic) bond motifs is 7. The van der Waals surface area contributed by atoms with Crippen molar-refractivity contribution in [3.8, 4) is 11.1 Å². The Morgan fingerprint density at radius 1 is 0.318 bits per heavy atom. The predicted octanol–water partition coefficient (Wildman–Crippen LogP) is 12.2. The number of anilines is 3. The van der Waals surface area contributed by atoms with Gasteiger partial charge in [-0.1, -0.05) is 109 Å². The lowest BCUT2D eigenvalue weighted by atomic mass is 10.00. The minimum Gasteiger partial charge on any atom is -0.456 e. The van der Waals surface area contributed by atoms with E-state index in [-0.39, 0.29) is 0 Å². The van der Waals surface area contributed by atoms with Gasteiger partial charge in [-0.3, -0.25) is 0 Å². The molecule has 1 heterocycles. The van der Waals surface area contributed by atoms with Crippen LogP contribution in [-0.4, -0.2) is 0 Å². The van der Waals surface area contributed by atoms with Crippen molar-refractivity contribution in [1.82, 2.24) is 0 Å². The normalized spacial score (nSPS) is 11.6. The molecule has 0 unspecified atom stereocenters. The standard InChI is InChI=1S/C42H27NO/c1-2-9-32-25-33(16-13-28(32)7-1)29-17-20-34(21-18-29)43(36-23-24-42-40(27-36)38-11-5-6-12-41(38)44-42)35-22-19-31-15-14-30-8-3-4-10-37(30)39(31)26-35/h1-27H. The third-order valence-electron chi connectivity index (χ3n) is 8.82. The number of para-hydroxylation sites is 1. The summed E-state index contributed by atoms with van der Waals surface area (Å²) in [5.74, 6) is 0. The molecule has 0 aliphatic carbocycles. The zero-order valence-corrected chi connectivity index (χ0v) is 23.9. The summed E-state index contributed by atoms with van der Waals surface area (Å²) < 4.78 is 6.18. The third kappa shape index (κ3) is 4.04. The SMILES string of the molecule is c1ccc2cc(-c3ccc(N(c4ccc5ccc6ccccc6c5c4)c4ccc5oc6ccccc6c5c4)cc3)ccc2c1. The molecule has 0 aliphatic rings. The van der Waals surface area contributed by atoms with Gasteiger partial charge >= 0.3 is 0 Å². The van der Waals surface area contributed by atoms with Crippen molar-refractivity contribution in [2.45, 2.75) is 0 Å². The second-order valence-corrected chi connectivity index (χ2v) is 11.4. The zero-order chi connectivity index (χ0) is 29.0. The zero-order valence-electron chi connectivity index (χ0n) is 23.9. The summed E-state index contributed by atoms with van der Waals surface area (Å²) in [5, 5.41) is 9.72. The van der Waals surface area contributed by atoms with Gasteiger partial charge in [-0.05, 0) is 98.0 Å². The second-order valence-electron chi connectivity index (χ2n) is 11.4. The first kappa shape index (κ1) is 24.7. The summed E-state index contributed by atoms with van der Waals surface area (Å²) in [5.41, 5.74) is 7.50. The number of furan rings is 1. The van der Waals surface area contributed by atoms with Crippen molar-refractivity contribution in [3.05, 3.63) is 164 Å². The number of hydrogen-bond donors (Lipinski definition) is 0. The summed E-state index contributed by atoms with van der Waals surface area (Å²) >= 11 is 0. The first-order chi connectivity index (χ1) is 21.8. The maximum Gasteiger partial charge on any atom is 0.135 e. The Balaban J connectivity index is 1.22. The van der Waals surface area contributed by atoms with Crippen LogP contribution in [0.1, 0.15) is 0 Å². The lowest BCUT2D eigenvalue weighted by Gasteiger charge is -2.26. The summed E-state index contributed by atoms with van der Waals surface area (Å²) in [6.45, 7) is 0. The van der Waals surface area contributed by atoms with E-state index < -0.39 is 0 Å². The van der Waals surface area contributed by atoms with Crippen LogP contribution in [0.25, 0.3) is 65.4 Å². The molecule has 44 heavy (non-hydrogen) atoms. The maximum absolute atomic E-state index is 6.18. The van der Waals surface area contributed by atoms with Crippen LogP contribution < -0.4 is 4.90 Å². The summed E-state index contributed by atoms with van der Waals surface area (Å²) in [7, 11) is 0. The van der Waals surface area contributed by atoms with Crippen molar-refractivity contribution in [3.63, 3.8) is 0 Å². The molecule has 0 saturated carbocycles. The quantitative estimate of drug-likeness (QED) is 0.199. The van der Waals surface area contributed by atoms with Gasteiger partial charge in [0.05, 0.1) is 0 Å². The average molecular weight is 562 g/mol. The number of benzene rings is 8. The molecule has 0 atom stereocenters. The Morgan fingerprint density at radius 2 is 0.864 bits per heavy atom. The Labute approximate surface area is 255 Å². The molecule has 0 spiro atoms. The molecule has 9 aromatic rings. The van der Waals surface area contributed by atoms with Crippen molar-refractivity contribution >= 4 is 71.3 Å². The van der Waals surface area contributed by atoms with E-state index in [9.17, 15) is 0 Å². The largest absolute Gasteiger partial charge is 0.456 e. The van der Waals surface area contributed by atoms with Gasteiger partial charge in [-0.25, -0.2) is 0 Å². The Hall–Kier alpha value is -5.86. The van der Waals surface area contributed by atoms with E-state index in [4.69, 9.17) is 4.42 Å². The monoisotopic (exact) mass is 561 g/mol. The molecule has 1 aromatic heterocycles. The lowest BCUT2D eigenvalue weighted by molar-refractivity contribution is 0.669. The van der Waals surface area contributed by atoms with Crippen molar-refractivity contribution < 1.29 is 4.42 Å². The summed E-state index contributed by atoms with van der Waals surface area (Å²) in [6.07, 6.45) is 0. The first-order valence-corrected chi connectivity index (χ1v) is 15.0. The van der Waals surface area contributed by atoms with Gasteiger partial charge in [0.2, 0.25) is 0 Å². The van der Waals surface area contributed by atoms with Crippen molar-refractivity contribution in [2.24, 2.45) is 0 Å². The number of nitrogens with zero attached hydrogens (tertiary/aromatic N) is 1. The molecule has 2 nitrogen and oxygen atoms in total. The molecule has 0 fully saturated rings. The van der Waals surface area contributed by atoms with E-state index in [0.29, 0.717) is 0 Å². The molecule has 2 heteroatoms. The van der Waals surface area contributed by atoms with E-state index in [0.717, 1.165) is 39.0 Å². The molecular formula is C42H27NO. The molecule has 0 radical (unpaired) electrons. The van der Waals surface area contributed by atoms with Gasteiger partial charge in [-0.15, -0.1) is 0 Å². The van der Waals surface area contributed by atoms with Crippen LogP contribution in [-0.2, 0) is 0 Å². The van der Waals surface area contributed by atoms with E-state index >= 15 is 0 Å². The highest BCUT2D eigenvalue weighted by Crippen LogP contribution is 2.41. The van der Waals surface area contributed by atoms with Crippen LogP contribution in [0.5, 0.6) is 0 Å². The average Bonchev–Trinajstić information content (AvgIpc) is 3.46. The minimum atomic E-state index is 0.894. The van der Waals surface area contributed by atoms with Crippen LogP contribution in [0, 0.1) is 0 Å². The van der Waals surface area contributed by atoms with E-state index in [1.54, 1.807) is 0 Å². The highest BCUT2D eigenvalue weighted by Gasteiger charge is 2.17. The number of rotatable bonds is 4. The van der Waals surface area contributed by atoms with Gasteiger partial charge in [-0.2, -0.15) is 0 Å². The van der Waals surface area contributed by atoms with Crippen LogP contribution in [0.15, 0.2) is 168 Å². The Bertz CT molecular complexity index is 2500. The van der Waals surface area contributed by atoms with Gasteiger partial charge in [0.1, 0.15) is 11.2 Å². The molecule has 0 N–H and O–H groups in total. The highest BCUT2D eigenvalue weighted by atomic mass is 16.3. The summed E-state index contributed by atoms with van der Waals surface area (Å²) in [6, 6.07) is 58.7. The summed E-state index contributed by atoms with van der Waals surface area (Å²) in [4.78, 5) is 2.35. The van der Waals surface area contributed by atoms with E-state index in [1.165, 1.54) is 43.4 Å². The van der Waals surface area contributed by atoms with Crippen molar-refractivity contribution in [1.29, 1.82) is 0 Å². The van der Waals surface area contributed by atoms with Gasteiger partial charge in [0.25, 0.3) is 0 Å². The van der Waals surface area contributed by atoms with E-state index in [1.807, 2.05) is 12.1 Å². The Kier molecular flexibility index (Phi) is 5.54. The first-order valence-electron chi connectivity index (χ1n) is 15.0. The lowest BCUT2D eigenvalue weighted by Crippen LogP contribution is -2.09. The van der Waals surface area contributed by atoms with Crippen LogP contribution >= 0.6 is 0 Å². The molecule has 206 valence electrons. The second kappa shape index (κ2) is 9.86. The smallest absolute Gasteiger partial charge is 0.135 e.